The number of phosphoric ester groups is 1. The Morgan fingerprint density at radius 2 is 1.05 bits per heavy atom. The average Bonchev–Trinajstić information content (AvgIpc) is 2.95. The molecule has 0 aliphatic rings. The van der Waals surface area contributed by atoms with Crippen LogP contribution in [-0.2, 0) is 32.7 Å². The number of quaternary nitrogens is 1. The maximum Gasteiger partial charge on any atom is 0.472 e. The van der Waals surface area contributed by atoms with Crippen LogP contribution in [0.25, 0.3) is 0 Å². The first-order valence-electron chi connectivity index (χ1n) is 16.2. The third-order valence-electron chi connectivity index (χ3n) is 6.81. The van der Waals surface area contributed by atoms with Gasteiger partial charge in [0.2, 0.25) is 0 Å². The highest BCUT2D eigenvalue weighted by Gasteiger charge is 2.26. The molecule has 0 radical (unpaired) electrons. The molecule has 0 saturated heterocycles. The van der Waals surface area contributed by atoms with Gasteiger partial charge in [0.25, 0.3) is 0 Å². The van der Waals surface area contributed by atoms with E-state index >= 15 is 0 Å². The van der Waals surface area contributed by atoms with E-state index in [9.17, 15) is 19.0 Å². The Kier molecular flexibility index (Phi) is 28.4. The number of hydrogen-bond donors (Lipinski definition) is 2. The van der Waals surface area contributed by atoms with E-state index in [4.69, 9.17) is 18.5 Å². The standard InChI is InChI=1S/C31H60NO8P/c1-3-5-7-9-11-13-14-16-17-19-21-23-30(33)37-27-29(28-39-41(35,36)38-26-25-32)40-31(34)24-22-20-18-15-12-10-8-6-4-2/h29H,1-28,32H2,(H,35,36)/q-2/p+1/t29-/m1/s1. The van der Waals surface area contributed by atoms with Crippen LogP contribution in [-0.4, -0.2) is 49.3 Å². The number of unbranched alkanes of at least 4 members (excludes halogenated alkanes) is 18. The van der Waals surface area contributed by atoms with Gasteiger partial charge in [0, 0.05) is 12.8 Å². The van der Waals surface area contributed by atoms with E-state index in [0.29, 0.717) is 13.0 Å². The normalized spacial score (nSPS) is 13.6. The van der Waals surface area contributed by atoms with Gasteiger partial charge in [-0.15, -0.1) is 0 Å². The monoisotopic (exact) mass is 606 g/mol. The van der Waals surface area contributed by atoms with Crippen LogP contribution in [0.3, 0.4) is 0 Å². The highest BCUT2D eigenvalue weighted by atomic mass is 31.2. The van der Waals surface area contributed by atoms with E-state index in [-0.39, 0.29) is 32.0 Å². The van der Waals surface area contributed by atoms with E-state index < -0.39 is 26.5 Å². The molecule has 41 heavy (non-hydrogen) atoms. The van der Waals surface area contributed by atoms with Crippen LogP contribution in [0, 0.1) is 13.8 Å². The summed E-state index contributed by atoms with van der Waals surface area (Å²) >= 11 is 0. The Hall–Kier alpha value is -0.990. The molecule has 1 unspecified atom stereocenters. The van der Waals surface area contributed by atoms with Gasteiger partial charge in [-0.3, -0.25) is 18.6 Å². The van der Waals surface area contributed by atoms with Gasteiger partial charge in [-0.1, -0.05) is 103 Å². The fourth-order valence-electron chi connectivity index (χ4n) is 4.38. The van der Waals surface area contributed by atoms with Crippen molar-refractivity contribution in [2.45, 2.75) is 147 Å². The van der Waals surface area contributed by atoms with Crippen molar-refractivity contribution >= 4 is 19.8 Å². The maximum atomic E-state index is 12.4. The molecule has 244 valence electrons. The van der Waals surface area contributed by atoms with Gasteiger partial charge in [-0.2, -0.15) is 12.8 Å². The summed E-state index contributed by atoms with van der Waals surface area (Å²) in [6, 6.07) is 0. The molecule has 0 heterocycles. The molecule has 0 aliphatic heterocycles. The topological polar surface area (TPSA) is 136 Å². The minimum absolute atomic E-state index is 0.0418. The van der Waals surface area contributed by atoms with Crippen LogP contribution in [0.2, 0.25) is 0 Å². The minimum atomic E-state index is -4.32. The zero-order valence-corrected chi connectivity index (χ0v) is 26.7. The number of phosphoric acid groups is 1. The lowest BCUT2D eigenvalue weighted by Crippen LogP contribution is -2.52. The van der Waals surface area contributed by atoms with Gasteiger partial charge in [-0.05, 0) is 12.8 Å². The summed E-state index contributed by atoms with van der Waals surface area (Å²) in [7, 11) is -4.32. The van der Waals surface area contributed by atoms with Crippen LogP contribution >= 0.6 is 7.82 Å². The predicted molar refractivity (Wildman–Crippen MR) is 163 cm³/mol. The first-order chi connectivity index (χ1) is 19.8. The summed E-state index contributed by atoms with van der Waals surface area (Å²) in [6.45, 7) is 7.34. The lowest BCUT2D eigenvalue weighted by atomic mass is 10.1. The average molecular weight is 607 g/mol. The van der Waals surface area contributed by atoms with E-state index in [2.05, 4.69) is 19.6 Å². The summed E-state index contributed by atoms with van der Waals surface area (Å²) < 4.78 is 32.5. The van der Waals surface area contributed by atoms with Crippen LogP contribution < -0.4 is 5.73 Å². The molecule has 0 aromatic carbocycles. The molecule has 0 rings (SSSR count). The van der Waals surface area contributed by atoms with Gasteiger partial charge >= 0.3 is 19.8 Å². The van der Waals surface area contributed by atoms with Crippen LogP contribution in [0.15, 0.2) is 0 Å². The molecule has 0 amide bonds. The van der Waals surface area contributed by atoms with E-state index in [0.717, 1.165) is 51.4 Å². The van der Waals surface area contributed by atoms with E-state index in [1.807, 2.05) is 0 Å². The van der Waals surface area contributed by atoms with Crippen molar-refractivity contribution in [1.82, 2.24) is 0 Å². The molecule has 0 bridgehead atoms. The number of rotatable bonds is 31. The second-order valence-corrected chi connectivity index (χ2v) is 12.3. The minimum Gasteiger partial charge on any atom is -0.462 e. The second-order valence-electron chi connectivity index (χ2n) is 10.8. The summed E-state index contributed by atoms with van der Waals surface area (Å²) in [6.07, 6.45) is 21.8. The summed E-state index contributed by atoms with van der Waals surface area (Å²) in [4.78, 5) is 34.4. The Morgan fingerprint density at radius 3 is 1.49 bits per heavy atom. The molecule has 0 aromatic heterocycles. The third-order valence-corrected chi connectivity index (χ3v) is 7.80. The third kappa shape index (κ3) is 28.9. The lowest BCUT2D eigenvalue weighted by molar-refractivity contribution is -0.371. The first kappa shape index (κ1) is 40.0. The second kappa shape index (κ2) is 29.1. The predicted octanol–water partition coefficient (Wildman–Crippen LogP) is 7.07. The molecule has 2 atom stereocenters. The highest BCUT2D eigenvalue weighted by molar-refractivity contribution is 7.47. The van der Waals surface area contributed by atoms with Crippen molar-refractivity contribution in [1.29, 1.82) is 0 Å². The quantitative estimate of drug-likeness (QED) is 0.0370. The Morgan fingerprint density at radius 1 is 0.634 bits per heavy atom. The molecular weight excluding hydrogens is 545 g/mol. The van der Waals surface area contributed by atoms with E-state index in [1.54, 1.807) is 0 Å². The maximum absolute atomic E-state index is 12.4. The molecule has 0 spiro atoms. The number of ether oxygens (including phenoxy) is 2. The van der Waals surface area contributed by atoms with Crippen LogP contribution in [0.4, 0.5) is 0 Å². The zero-order valence-electron chi connectivity index (χ0n) is 25.8. The van der Waals surface area contributed by atoms with E-state index in [1.165, 1.54) is 70.6 Å². The Labute approximate surface area is 250 Å². The molecule has 10 heteroatoms. The van der Waals surface area contributed by atoms with Crippen molar-refractivity contribution in [3.8, 4) is 0 Å². The largest absolute Gasteiger partial charge is 0.472 e. The summed E-state index contributed by atoms with van der Waals surface area (Å²) in [5.74, 6) is -0.828. The van der Waals surface area contributed by atoms with Gasteiger partial charge in [-0.25, -0.2) is 4.57 Å². The number of carbonyl (C=O) groups is 2. The SMILES string of the molecule is [CH2-]CCCCCCCCCCCCC(=O)OC[C@H](COP(=O)(O)OCC[NH3+])OC(=O)CCCCCCCCCC[CH2-]. The molecule has 0 aliphatic carbocycles. The van der Waals surface area contributed by atoms with Crippen molar-refractivity contribution in [3.05, 3.63) is 13.8 Å². The Balaban J connectivity index is 4.28. The molecule has 0 aromatic rings. The zero-order chi connectivity index (χ0) is 30.4. The number of esters is 2. The smallest absolute Gasteiger partial charge is 0.462 e. The summed E-state index contributed by atoms with van der Waals surface area (Å²) in [5.41, 5.74) is 3.55. The molecule has 0 fully saturated rings. The lowest BCUT2D eigenvalue weighted by Gasteiger charge is -2.19. The molecule has 0 saturated carbocycles. The van der Waals surface area contributed by atoms with Gasteiger partial charge in [0.05, 0.1) is 13.2 Å². The van der Waals surface area contributed by atoms with Crippen LogP contribution in [0.1, 0.15) is 141 Å². The first-order valence-corrected chi connectivity index (χ1v) is 17.7. The van der Waals surface area contributed by atoms with Gasteiger partial charge in [0.15, 0.2) is 6.10 Å². The number of carbonyl (C=O) groups excluding carboxylic acids is 2. The fraction of sp³-hybridized carbons (Fsp3) is 0.871. The molecule has 9 nitrogen and oxygen atoms in total. The van der Waals surface area contributed by atoms with Gasteiger partial charge in [0.1, 0.15) is 13.2 Å². The Bertz CT molecular complexity index is 664. The van der Waals surface area contributed by atoms with Crippen molar-refractivity contribution in [2.24, 2.45) is 0 Å². The molecule has 4 N–H and O–H groups in total. The number of hydrogen-bond acceptors (Lipinski definition) is 7. The fourth-order valence-corrected chi connectivity index (χ4v) is 5.17. The summed E-state index contributed by atoms with van der Waals surface area (Å²) in [5, 5.41) is 0. The van der Waals surface area contributed by atoms with Crippen molar-refractivity contribution in [2.75, 3.05) is 26.4 Å². The highest BCUT2D eigenvalue weighted by Crippen LogP contribution is 2.43. The van der Waals surface area contributed by atoms with Crippen molar-refractivity contribution in [3.63, 3.8) is 0 Å². The molecular formula is C31H61NO8P-. The van der Waals surface area contributed by atoms with Gasteiger partial charge < -0.3 is 33.9 Å². The van der Waals surface area contributed by atoms with Crippen LogP contribution in [0.5, 0.6) is 0 Å². The van der Waals surface area contributed by atoms with Crippen molar-refractivity contribution < 1.29 is 43.3 Å².